The number of hydrogen-bond acceptors (Lipinski definition) is 2. The predicted molar refractivity (Wildman–Crippen MR) is 98.8 cm³/mol. The molecule has 0 bridgehead atoms. The van der Waals surface area contributed by atoms with Crippen molar-refractivity contribution in [3.05, 3.63) is 69.5 Å². The molecule has 23 heavy (non-hydrogen) atoms. The topological polar surface area (TPSA) is 17.3 Å². The Hall–Kier alpha value is -2.13. The van der Waals surface area contributed by atoms with Gasteiger partial charge in [0, 0.05) is 23.0 Å². The SMILES string of the molecule is Cc1cc2nc(C)c(Cc3csc4cccc(C)c34)n2cc1C. The molecule has 2 nitrogen and oxygen atoms in total. The lowest BCUT2D eigenvalue weighted by atomic mass is 10.0. The average Bonchev–Trinajstić information content (AvgIpc) is 3.04. The highest BCUT2D eigenvalue weighted by Crippen LogP contribution is 2.31. The fourth-order valence-corrected chi connectivity index (χ4v) is 4.36. The first-order valence-corrected chi connectivity index (χ1v) is 8.83. The van der Waals surface area contributed by atoms with Crippen LogP contribution in [-0.2, 0) is 6.42 Å². The highest BCUT2D eigenvalue weighted by atomic mass is 32.1. The van der Waals surface area contributed by atoms with Gasteiger partial charge in [0.25, 0.3) is 0 Å². The van der Waals surface area contributed by atoms with E-state index in [4.69, 9.17) is 4.98 Å². The van der Waals surface area contributed by atoms with Gasteiger partial charge in [-0.1, -0.05) is 12.1 Å². The zero-order chi connectivity index (χ0) is 16.1. The lowest BCUT2D eigenvalue weighted by Gasteiger charge is -2.07. The molecule has 3 heterocycles. The number of nitrogens with zero attached hydrogens (tertiary/aromatic N) is 2. The van der Waals surface area contributed by atoms with Gasteiger partial charge in [0.1, 0.15) is 5.65 Å². The molecule has 1 aromatic carbocycles. The molecule has 0 fully saturated rings. The van der Waals surface area contributed by atoms with E-state index < -0.39 is 0 Å². The third-order valence-corrected chi connectivity index (χ3v) is 5.77. The van der Waals surface area contributed by atoms with Crippen molar-refractivity contribution in [3.63, 3.8) is 0 Å². The van der Waals surface area contributed by atoms with Gasteiger partial charge in [-0.15, -0.1) is 11.3 Å². The number of fused-ring (bicyclic) bond motifs is 2. The van der Waals surface area contributed by atoms with Crippen LogP contribution in [-0.4, -0.2) is 9.38 Å². The molecular formula is C20H20N2S. The molecule has 116 valence electrons. The van der Waals surface area contributed by atoms with Crippen molar-refractivity contribution < 1.29 is 0 Å². The molecular weight excluding hydrogens is 300 g/mol. The van der Waals surface area contributed by atoms with Crippen molar-refractivity contribution in [2.24, 2.45) is 0 Å². The standard InChI is InChI=1S/C20H20N2S/c1-12-6-5-7-18-20(12)16(11-23-18)9-17-15(4)21-19-8-13(2)14(3)10-22(17)19/h5-8,10-11H,9H2,1-4H3. The van der Waals surface area contributed by atoms with Crippen LogP contribution < -0.4 is 0 Å². The Balaban J connectivity index is 1.89. The van der Waals surface area contributed by atoms with Crippen molar-refractivity contribution in [2.45, 2.75) is 34.1 Å². The number of aromatic nitrogens is 2. The van der Waals surface area contributed by atoms with E-state index in [0.29, 0.717) is 0 Å². The van der Waals surface area contributed by atoms with E-state index in [1.807, 2.05) is 11.3 Å². The molecule has 0 saturated heterocycles. The van der Waals surface area contributed by atoms with Crippen LogP contribution in [0.5, 0.6) is 0 Å². The predicted octanol–water partition coefficient (Wildman–Crippen LogP) is 5.37. The van der Waals surface area contributed by atoms with Crippen molar-refractivity contribution in [3.8, 4) is 0 Å². The van der Waals surface area contributed by atoms with Gasteiger partial charge in [-0.3, -0.25) is 0 Å². The highest BCUT2D eigenvalue weighted by molar-refractivity contribution is 7.17. The summed E-state index contributed by atoms with van der Waals surface area (Å²) in [7, 11) is 0. The van der Waals surface area contributed by atoms with Crippen molar-refractivity contribution in [1.29, 1.82) is 0 Å². The summed E-state index contributed by atoms with van der Waals surface area (Å²) in [5, 5.41) is 3.72. The van der Waals surface area contributed by atoms with Crippen molar-refractivity contribution >= 4 is 27.1 Å². The monoisotopic (exact) mass is 320 g/mol. The van der Waals surface area contributed by atoms with Crippen LogP contribution in [0.25, 0.3) is 15.7 Å². The Morgan fingerprint density at radius 2 is 1.87 bits per heavy atom. The van der Waals surface area contributed by atoms with Gasteiger partial charge < -0.3 is 4.40 Å². The second-order valence-electron chi connectivity index (χ2n) is 6.40. The Bertz CT molecular complexity index is 1040. The molecule has 3 aromatic heterocycles. The second kappa shape index (κ2) is 5.20. The summed E-state index contributed by atoms with van der Waals surface area (Å²) in [6, 6.07) is 8.74. The molecule has 4 rings (SSSR count). The quantitative estimate of drug-likeness (QED) is 0.485. The zero-order valence-electron chi connectivity index (χ0n) is 14.0. The van der Waals surface area contributed by atoms with Crippen LogP contribution in [0.1, 0.15) is 33.6 Å². The minimum Gasteiger partial charge on any atom is -0.303 e. The van der Waals surface area contributed by atoms with Crippen LogP contribution >= 0.6 is 11.3 Å². The van der Waals surface area contributed by atoms with Gasteiger partial charge in [0.05, 0.1) is 5.69 Å². The molecule has 0 unspecified atom stereocenters. The largest absolute Gasteiger partial charge is 0.303 e. The van der Waals surface area contributed by atoms with E-state index in [9.17, 15) is 0 Å². The normalized spacial score (nSPS) is 11.7. The summed E-state index contributed by atoms with van der Waals surface area (Å²) >= 11 is 1.84. The van der Waals surface area contributed by atoms with E-state index in [-0.39, 0.29) is 0 Å². The molecule has 0 aliphatic heterocycles. The Morgan fingerprint density at radius 3 is 2.70 bits per heavy atom. The summed E-state index contributed by atoms with van der Waals surface area (Å²) in [6.07, 6.45) is 3.15. The first-order valence-electron chi connectivity index (χ1n) is 7.95. The molecule has 0 aliphatic carbocycles. The van der Waals surface area contributed by atoms with Crippen LogP contribution in [0.3, 0.4) is 0 Å². The number of aryl methyl sites for hydroxylation is 4. The highest BCUT2D eigenvalue weighted by Gasteiger charge is 2.14. The summed E-state index contributed by atoms with van der Waals surface area (Å²) in [5.74, 6) is 0. The van der Waals surface area contributed by atoms with E-state index >= 15 is 0 Å². The van der Waals surface area contributed by atoms with Crippen LogP contribution in [0.15, 0.2) is 35.8 Å². The number of imidazole rings is 1. The molecule has 0 saturated carbocycles. The molecule has 3 heteroatoms. The molecule has 0 atom stereocenters. The summed E-state index contributed by atoms with van der Waals surface area (Å²) in [6.45, 7) is 8.63. The lowest BCUT2D eigenvalue weighted by Crippen LogP contribution is -1.98. The molecule has 0 amide bonds. The van der Waals surface area contributed by atoms with E-state index in [0.717, 1.165) is 17.8 Å². The van der Waals surface area contributed by atoms with Crippen LogP contribution in [0.4, 0.5) is 0 Å². The first kappa shape index (κ1) is 14.5. The van der Waals surface area contributed by atoms with Gasteiger partial charge in [0.15, 0.2) is 0 Å². The van der Waals surface area contributed by atoms with Gasteiger partial charge in [0.2, 0.25) is 0 Å². The van der Waals surface area contributed by atoms with Gasteiger partial charge in [-0.25, -0.2) is 4.98 Å². The minimum absolute atomic E-state index is 0.931. The molecule has 0 N–H and O–H groups in total. The summed E-state index contributed by atoms with van der Waals surface area (Å²) in [4.78, 5) is 4.76. The number of benzene rings is 1. The Kier molecular flexibility index (Phi) is 3.27. The molecule has 0 aliphatic rings. The van der Waals surface area contributed by atoms with Gasteiger partial charge >= 0.3 is 0 Å². The number of hydrogen-bond donors (Lipinski definition) is 0. The maximum Gasteiger partial charge on any atom is 0.137 e. The minimum atomic E-state index is 0.931. The lowest BCUT2D eigenvalue weighted by molar-refractivity contribution is 1.00. The van der Waals surface area contributed by atoms with Gasteiger partial charge in [-0.05, 0) is 72.8 Å². The molecule has 0 spiro atoms. The fourth-order valence-electron chi connectivity index (χ4n) is 3.32. The average molecular weight is 320 g/mol. The third-order valence-electron chi connectivity index (χ3n) is 4.77. The Labute approximate surface area is 140 Å². The first-order chi connectivity index (χ1) is 11.0. The maximum absolute atomic E-state index is 4.76. The van der Waals surface area contributed by atoms with E-state index in [2.05, 4.69) is 67.9 Å². The molecule has 0 radical (unpaired) electrons. The summed E-state index contributed by atoms with van der Waals surface area (Å²) < 4.78 is 3.64. The smallest absolute Gasteiger partial charge is 0.137 e. The number of rotatable bonds is 2. The second-order valence-corrected chi connectivity index (χ2v) is 7.31. The summed E-state index contributed by atoms with van der Waals surface area (Å²) in [5.41, 5.74) is 8.85. The maximum atomic E-state index is 4.76. The van der Waals surface area contributed by atoms with Crippen LogP contribution in [0.2, 0.25) is 0 Å². The van der Waals surface area contributed by atoms with E-state index in [1.54, 1.807) is 0 Å². The van der Waals surface area contributed by atoms with Crippen molar-refractivity contribution in [1.82, 2.24) is 9.38 Å². The number of pyridine rings is 1. The third kappa shape index (κ3) is 2.27. The fraction of sp³-hybridized carbons (Fsp3) is 0.250. The van der Waals surface area contributed by atoms with E-state index in [1.165, 1.54) is 38.0 Å². The number of thiophene rings is 1. The zero-order valence-corrected chi connectivity index (χ0v) is 14.8. The molecule has 4 aromatic rings. The van der Waals surface area contributed by atoms with Crippen molar-refractivity contribution in [2.75, 3.05) is 0 Å². The Morgan fingerprint density at radius 1 is 1.04 bits per heavy atom. The van der Waals surface area contributed by atoms with Crippen LogP contribution in [0, 0.1) is 27.7 Å². The van der Waals surface area contributed by atoms with Gasteiger partial charge in [-0.2, -0.15) is 0 Å².